The lowest BCUT2D eigenvalue weighted by Gasteiger charge is -2.46. The highest BCUT2D eigenvalue weighted by molar-refractivity contribution is 6.30. The standard InChI is InChI=1S/C37H33Cl2N3O4/c1-4-46-36(44)31-24-40(30-10-6-5-7-11-30)34(25(2)35(43)45-3)37(31)41(22-26-14-18-28(38)19-15-26)32-12-8-9-13-33(32)42(37)23-27-16-20-29(39)21-17-27/h5-21,24H,4,22-23H2,1-3H3. The van der Waals surface area contributed by atoms with Crippen LogP contribution in [0.5, 0.6) is 0 Å². The highest BCUT2D eigenvalue weighted by atomic mass is 35.5. The van der Waals surface area contributed by atoms with Gasteiger partial charge in [0.05, 0.1) is 36.4 Å². The summed E-state index contributed by atoms with van der Waals surface area (Å²) in [6.45, 7) is 4.45. The minimum Gasteiger partial charge on any atom is -0.466 e. The van der Waals surface area contributed by atoms with E-state index in [-0.39, 0.29) is 6.61 Å². The molecular weight excluding hydrogens is 621 g/mol. The molecule has 7 nitrogen and oxygen atoms in total. The van der Waals surface area contributed by atoms with Crippen molar-refractivity contribution in [1.82, 2.24) is 0 Å². The fourth-order valence-corrected chi connectivity index (χ4v) is 6.62. The van der Waals surface area contributed by atoms with E-state index in [1.807, 2.05) is 108 Å². The largest absolute Gasteiger partial charge is 0.466 e. The van der Waals surface area contributed by atoms with E-state index in [0.29, 0.717) is 40.0 Å². The fourth-order valence-electron chi connectivity index (χ4n) is 6.37. The molecule has 0 atom stereocenters. The predicted molar refractivity (Wildman–Crippen MR) is 183 cm³/mol. The number of anilines is 3. The number of para-hydroxylation sites is 3. The monoisotopic (exact) mass is 653 g/mol. The predicted octanol–water partition coefficient (Wildman–Crippen LogP) is 8.13. The van der Waals surface area contributed by atoms with Crippen LogP contribution in [0.3, 0.4) is 0 Å². The van der Waals surface area contributed by atoms with E-state index >= 15 is 0 Å². The number of nitrogens with zero attached hydrogens (tertiary/aromatic N) is 3. The molecule has 0 unspecified atom stereocenters. The van der Waals surface area contributed by atoms with Gasteiger partial charge in [-0.3, -0.25) is 0 Å². The van der Waals surface area contributed by atoms with Gasteiger partial charge in [-0.05, 0) is 73.5 Å². The lowest BCUT2D eigenvalue weighted by molar-refractivity contribution is -0.139. The van der Waals surface area contributed by atoms with E-state index in [0.717, 1.165) is 28.2 Å². The van der Waals surface area contributed by atoms with Crippen LogP contribution in [0.25, 0.3) is 0 Å². The Bertz CT molecular complexity index is 1750. The van der Waals surface area contributed by atoms with Crippen molar-refractivity contribution < 1.29 is 19.1 Å². The van der Waals surface area contributed by atoms with E-state index in [9.17, 15) is 9.59 Å². The van der Waals surface area contributed by atoms with Crippen LogP contribution in [-0.4, -0.2) is 31.3 Å². The summed E-state index contributed by atoms with van der Waals surface area (Å²) in [7, 11) is 1.36. The first-order valence-corrected chi connectivity index (χ1v) is 15.7. The second-order valence-corrected chi connectivity index (χ2v) is 11.9. The number of hydrogen-bond acceptors (Lipinski definition) is 7. The summed E-state index contributed by atoms with van der Waals surface area (Å²) in [6.07, 6.45) is 1.80. The molecule has 0 fully saturated rings. The van der Waals surface area contributed by atoms with E-state index in [4.69, 9.17) is 32.7 Å². The van der Waals surface area contributed by atoms with Crippen LogP contribution in [-0.2, 0) is 32.2 Å². The van der Waals surface area contributed by atoms with Gasteiger partial charge in [-0.25, -0.2) is 9.59 Å². The van der Waals surface area contributed by atoms with Gasteiger partial charge in [-0.1, -0.05) is 77.8 Å². The molecule has 0 amide bonds. The topological polar surface area (TPSA) is 62.3 Å². The Kier molecular flexibility index (Phi) is 8.80. The third-order valence-corrected chi connectivity index (χ3v) is 8.84. The maximum absolute atomic E-state index is 14.3. The van der Waals surface area contributed by atoms with Crippen LogP contribution in [0, 0.1) is 0 Å². The smallest absolute Gasteiger partial charge is 0.340 e. The second kappa shape index (κ2) is 12.9. The van der Waals surface area contributed by atoms with Gasteiger partial charge < -0.3 is 24.2 Å². The molecule has 234 valence electrons. The van der Waals surface area contributed by atoms with Gasteiger partial charge in [-0.15, -0.1) is 0 Å². The third-order valence-electron chi connectivity index (χ3n) is 8.33. The summed E-state index contributed by atoms with van der Waals surface area (Å²) in [6, 6.07) is 32.9. The van der Waals surface area contributed by atoms with Gasteiger partial charge in [-0.2, -0.15) is 0 Å². The molecule has 0 saturated carbocycles. The Morgan fingerprint density at radius 2 is 1.24 bits per heavy atom. The minimum atomic E-state index is -1.34. The summed E-state index contributed by atoms with van der Waals surface area (Å²) in [5.41, 5.74) is 4.38. The molecule has 0 aromatic heterocycles. The molecular formula is C37H33Cl2N3O4. The molecule has 2 aliphatic heterocycles. The summed E-state index contributed by atoms with van der Waals surface area (Å²) >= 11 is 12.6. The number of halogens is 2. The van der Waals surface area contributed by atoms with Crippen molar-refractivity contribution in [2.75, 3.05) is 28.4 Å². The quantitative estimate of drug-likeness (QED) is 0.141. The van der Waals surface area contributed by atoms with E-state index in [1.165, 1.54) is 7.11 Å². The Morgan fingerprint density at radius 3 is 1.72 bits per heavy atom. The van der Waals surface area contributed by atoms with E-state index in [2.05, 4.69) is 9.80 Å². The van der Waals surface area contributed by atoms with Crippen molar-refractivity contribution in [1.29, 1.82) is 0 Å². The van der Waals surface area contributed by atoms with Gasteiger partial charge >= 0.3 is 11.9 Å². The maximum atomic E-state index is 14.3. The first-order valence-electron chi connectivity index (χ1n) is 15.0. The Morgan fingerprint density at radius 1 is 0.739 bits per heavy atom. The number of carbonyl (C=O) groups is 2. The molecule has 46 heavy (non-hydrogen) atoms. The summed E-state index contributed by atoms with van der Waals surface area (Å²) in [4.78, 5) is 34.1. The molecule has 0 saturated heterocycles. The zero-order chi connectivity index (χ0) is 32.4. The summed E-state index contributed by atoms with van der Waals surface area (Å²) < 4.78 is 11.1. The van der Waals surface area contributed by atoms with Crippen molar-refractivity contribution in [2.45, 2.75) is 32.6 Å². The van der Waals surface area contributed by atoms with Gasteiger partial charge in [0.2, 0.25) is 0 Å². The van der Waals surface area contributed by atoms with Crippen LogP contribution in [0.4, 0.5) is 17.1 Å². The van der Waals surface area contributed by atoms with Gasteiger partial charge in [0.1, 0.15) is 5.57 Å². The van der Waals surface area contributed by atoms with Crippen molar-refractivity contribution in [2.24, 2.45) is 0 Å². The molecule has 4 aromatic rings. The van der Waals surface area contributed by atoms with Crippen LogP contribution in [0.15, 0.2) is 126 Å². The Hall–Kier alpha value is -4.72. The molecule has 6 rings (SSSR count). The number of fused-ring (bicyclic) bond motifs is 1. The second-order valence-electron chi connectivity index (χ2n) is 11.0. The Balaban J connectivity index is 1.70. The van der Waals surface area contributed by atoms with Gasteiger partial charge in [0, 0.05) is 35.0 Å². The molecule has 2 heterocycles. The molecule has 9 heteroatoms. The van der Waals surface area contributed by atoms with Crippen molar-refractivity contribution in [3.05, 3.63) is 147 Å². The normalized spacial score (nSPS) is 15.9. The van der Waals surface area contributed by atoms with Gasteiger partial charge in [0.15, 0.2) is 5.66 Å². The number of ether oxygens (including phenoxy) is 2. The molecule has 0 aliphatic carbocycles. The summed E-state index contributed by atoms with van der Waals surface area (Å²) in [5, 5.41) is 1.24. The van der Waals surface area contributed by atoms with Crippen molar-refractivity contribution >= 4 is 52.2 Å². The first kappa shape index (κ1) is 31.3. The number of hydrogen-bond donors (Lipinski definition) is 0. The Labute approximate surface area is 278 Å². The fraction of sp³-hybridized carbons (Fsp3) is 0.189. The zero-order valence-electron chi connectivity index (χ0n) is 25.7. The molecule has 0 N–H and O–H groups in total. The van der Waals surface area contributed by atoms with Crippen LogP contribution < -0.4 is 14.7 Å². The van der Waals surface area contributed by atoms with Crippen LogP contribution in [0.1, 0.15) is 25.0 Å². The van der Waals surface area contributed by atoms with Crippen LogP contribution in [0.2, 0.25) is 10.0 Å². The minimum absolute atomic E-state index is 0.175. The third kappa shape index (κ3) is 5.40. The number of esters is 2. The number of carbonyl (C=O) groups excluding carboxylic acids is 2. The molecule has 4 aromatic carbocycles. The SMILES string of the molecule is CCOC(=O)C1=CN(c2ccccc2)C(=C(C)C(=O)OC)C12N(Cc1ccc(Cl)cc1)c1ccccc1N2Cc1ccc(Cl)cc1. The zero-order valence-corrected chi connectivity index (χ0v) is 27.3. The molecule has 1 spiro atoms. The average molecular weight is 655 g/mol. The highest BCUT2D eigenvalue weighted by Crippen LogP contribution is 2.57. The highest BCUT2D eigenvalue weighted by Gasteiger charge is 2.62. The van der Waals surface area contributed by atoms with Gasteiger partial charge in [0.25, 0.3) is 0 Å². The maximum Gasteiger partial charge on any atom is 0.340 e. The molecule has 0 radical (unpaired) electrons. The van der Waals surface area contributed by atoms with E-state index in [1.54, 1.807) is 20.0 Å². The summed E-state index contributed by atoms with van der Waals surface area (Å²) in [5.74, 6) is -1.01. The lowest BCUT2D eigenvalue weighted by Crippen LogP contribution is -2.61. The number of rotatable bonds is 8. The van der Waals surface area contributed by atoms with Crippen molar-refractivity contribution in [3.8, 4) is 0 Å². The van der Waals surface area contributed by atoms with Crippen molar-refractivity contribution in [3.63, 3.8) is 0 Å². The number of benzene rings is 4. The van der Waals surface area contributed by atoms with E-state index < -0.39 is 17.6 Å². The number of methoxy groups -OCH3 is 1. The van der Waals surface area contributed by atoms with Crippen LogP contribution >= 0.6 is 23.2 Å². The lowest BCUT2D eigenvalue weighted by atomic mass is 9.91. The first-order chi connectivity index (χ1) is 22.3. The molecule has 2 aliphatic rings. The molecule has 0 bridgehead atoms. The average Bonchev–Trinajstić information content (AvgIpc) is 3.56.